The number of hydrogen-bond donors (Lipinski definition) is 0. The van der Waals surface area contributed by atoms with Crippen LogP contribution in [0.4, 0.5) is 0 Å². The molecule has 1 aliphatic carbocycles. The van der Waals surface area contributed by atoms with Gasteiger partial charge in [-0.05, 0) is 48.6 Å². The summed E-state index contributed by atoms with van der Waals surface area (Å²) in [5, 5.41) is 0. The summed E-state index contributed by atoms with van der Waals surface area (Å²) in [6, 6.07) is 21.8. The molecule has 2 aromatic carbocycles. The van der Waals surface area contributed by atoms with Crippen LogP contribution in [0.5, 0.6) is 5.75 Å². The number of nitrogens with zero attached hydrogens (tertiary/aromatic N) is 3. The second kappa shape index (κ2) is 8.45. The molecule has 2 aliphatic rings. The summed E-state index contributed by atoms with van der Waals surface area (Å²) < 4.78 is 5.56. The quantitative estimate of drug-likeness (QED) is 0.627. The number of para-hydroxylation sites is 1. The molecule has 0 amide bonds. The Labute approximate surface area is 185 Å². The smallest absolute Gasteiger partial charge is 0.123 e. The Kier molecular flexibility index (Phi) is 5.51. The molecular formula is C27H31N3O. The molecule has 0 spiro atoms. The Morgan fingerprint density at radius 1 is 0.871 bits per heavy atom. The largest absolute Gasteiger partial charge is 0.496 e. The van der Waals surface area contributed by atoms with Crippen molar-refractivity contribution >= 4 is 0 Å². The predicted octanol–water partition coefficient (Wildman–Crippen LogP) is 4.21. The van der Waals surface area contributed by atoms with Gasteiger partial charge in [0, 0.05) is 50.2 Å². The second-order valence-electron chi connectivity index (χ2n) is 8.92. The summed E-state index contributed by atoms with van der Waals surface area (Å²) >= 11 is 0. The lowest BCUT2D eigenvalue weighted by molar-refractivity contribution is 0.0312. The number of fused-ring (bicyclic) bond motifs is 1. The fourth-order valence-electron chi connectivity index (χ4n) is 5.36. The van der Waals surface area contributed by atoms with Gasteiger partial charge in [-0.25, -0.2) is 0 Å². The minimum atomic E-state index is 0.0148. The highest BCUT2D eigenvalue weighted by Gasteiger charge is 2.44. The number of ether oxygens (including phenoxy) is 1. The Hall–Kier alpha value is -2.69. The van der Waals surface area contributed by atoms with Crippen molar-refractivity contribution in [3.05, 3.63) is 94.8 Å². The molecule has 0 unspecified atom stereocenters. The third-order valence-corrected chi connectivity index (χ3v) is 7.10. The zero-order chi connectivity index (χ0) is 21.3. The first-order chi connectivity index (χ1) is 15.2. The number of hydrogen-bond acceptors (Lipinski definition) is 4. The lowest BCUT2D eigenvalue weighted by Crippen LogP contribution is -2.56. The van der Waals surface area contributed by atoms with Crippen LogP contribution < -0.4 is 4.74 Å². The van der Waals surface area contributed by atoms with Crippen molar-refractivity contribution in [2.24, 2.45) is 0 Å². The first-order valence-electron chi connectivity index (χ1n) is 11.3. The zero-order valence-corrected chi connectivity index (χ0v) is 18.6. The van der Waals surface area contributed by atoms with Gasteiger partial charge in [-0.2, -0.15) is 0 Å². The zero-order valence-electron chi connectivity index (χ0n) is 18.6. The van der Waals surface area contributed by atoms with Gasteiger partial charge in [0.1, 0.15) is 5.75 Å². The number of aromatic nitrogens is 1. The van der Waals surface area contributed by atoms with Crippen molar-refractivity contribution in [1.29, 1.82) is 0 Å². The van der Waals surface area contributed by atoms with E-state index >= 15 is 0 Å². The van der Waals surface area contributed by atoms with Gasteiger partial charge >= 0.3 is 0 Å². The van der Waals surface area contributed by atoms with E-state index in [-0.39, 0.29) is 5.54 Å². The average molecular weight is 414 g/mol. The van der Waals surface area contributed by atoms with Crippen molar-refractivity contribution in [2.75, 3.05) is 33.3 Å². The Bertz CT molecular complexity index is 1010. The number of pyridine rings is 1. The van der Waals surface area contributed by atoms with E-state index in [1.54, 1.807) is 7.11 Å². The Morgan fingerprint density at radius 2 is 1.55 bits per heavy atom. The van der Waals surface area contributed by atoms with Crippen LogP contribution in [0, 0.1) is 6.92 Å². The molecule has 4 nitrogen and oxygen atoms in total. The highest BCUT2D eigenvalue weighted by molar-refractivity contribution is 5.41. The van der Waals surface area contributed by atoms with Crippen molar-refractivity contribution in [3.63, 3.8) is 0 Å². The standard InChI is InChI=1S/C27H31N3O/c1-21-11-12-25(19-28-21)27(17-22-7-3-4-8-23(22)18-27)30-15-13-29(14-16-30)20-24-9-5-6-10-26(24)31-2/h3-12,19H,13-18,20H2,1-2H3. The topological polar surface area (TPSA) is 28.6 Å². The van der Waals surface area contributed by atoms with Gasteiger partial charge in [-0.1, -0.05) is 48.5 Å². The van der Waals surface area contributed by atoms with E-state index in [1.807, 2.05) is 6.07 Å². The first kappa shape index (κ1) is 20.2. The van der Waals surface area contributed by atoms with E-state index in [1.165, 1.54) is 22.3 Å². The lowest BCUT2D eigenvalue weighted by Gasteiger charge is -2.46. The van der Waals surface area contributed by atoms with Gasteiger partial charge < -0.3 is 4.74 Å². The summed E-state index contributed by atoms with van der Waals surface area (Å²) in [6.45, 7) is 7.27. The van der Waals surface area contributed by atoms with Crippen LogP contribution in [0.1, 0.15) is 27.9 Å². The fraction of sp³-hybridized carbons (Fsp3) is 0.370. The Morgan fingerprint density at radius 3 is 2.19 bits per heavy atom. The number of benzene rings is 2. The molecule has 5 rings (SSSR count). The summed E-state index contributed by atoms with van der Waals surface area (Å²) in [7, 11) is 1.76. The van der Waals surface area contributed by atoms with E-state index < -0.39 is 0 Å². The molecule has 0 atom stereocenters. The van der Waals surface area contributed by atoms with E-state index in [0.717, 1.165) is 57.0 Å². The summed E-state index contributed by atoms with van der Waals surface area (Å²) in [5.41, 5.74) is 6.69. The monoisotopic (exact) mass is 413 g/mol. The van der Waals surface area contributed by atoms with Crippen molar-refractivity contribution in [2.45, 2.75) is 31.8 Å². The van der Waals surface area contributed by atoms with E-state index in [0.29, 0.717) is 0 Å². The molecule has 1 saturated heterocycles. The van der Waals surface area contributed by atoms with Crippen molar-refractivity contribution in [3.8, 4) is 5.75 Å². The van der Waals surface area contributed by atoms with Gasteiger partial charge in [0.2, 0.25) is 0 Å². The molecule has 0 N–H and O–H groups in total. The lowest BCUT2D eigenvalue weighted by atomic mass is 9.85. The molecule has 0 radical (unpaired) electrons. The van der Waals surface area contributed by atoms with Crippen LogP contribution in [0.15, 0.2) is 66.9 Å². The van der Waals surface area contributed by atoms with Gasteiger partial charge in [0.05, 0.1) is 12.6 Å². The third-order valence-electron chi connectivity index (χ3n) is 7.10. The summed E-state index contributed by atoms with van der Waals surface area (Å²) in [4.78, 5) is 9.94. The van der Waals surface area contributed by atoms with Gasteiger partial charge in [-0.15, -0.1) is 0 Å². The maximum absolute atomic E-state index is 5.56. The molecule has 1 aromatic heterocycles. The van der Waals surface area contributed by atoms with Gasteiger partial charge in [0.25, 0.3) is 0 Å². The summed E-state index contributed by atoms with van der Waals surface area (Å²) in [6.07, 6.45) is 4.25. The van der Waals surface area contributed by atoms with Crippen LogP contribution in [-0.2, 0) is 24.9 Å². The summed E-state index contributed by atoms with van der Waals surface area (Å²) in [5.74, 6) is 0.985. The maximum atomic E-state index is 5.56. The number of piperazine rings is 1. The minimum Gasteiger partial charge on any atom is -0.496 e. The van der Waals surface area contributed by atoms with Crippen LogP contribution in [0.3, 0.4) is 0 Å². The number of rotatable bonds is 5. The highest BCUT2D eigenvalue weighted by atomic mass is 16.5. The molecule has 0 saturated carbocycles. The molecule has 3 aromatic rings. The third kappa shape index (κ3) is 3.86. The SMILES string of the molecule is COc1ccccc1CN1CCN(C2(c3ccc(C)nc3)Cc3ccccc3C2)CC1. The van der Waals surface area contributed by atoms with Crippen molar-refractivity contribution < 1.29 is 4.74 Å². The molecular weight excluding hydrogens is 382 g/mol. The van der Waals surface area contributed by atoms with E-state index in [2.05, 4.69) is 82.5 Å². The molecule has 0 bridgehead atoms. The van der Waals surface area contributed by atoms with E-state index in [9.17, 15) is 0 Å². The van der Waals surface area contributed by atoms with Crippen LogP contribution in [0.2, 0.25) is 0 Å². The molecule has 1 fully saturated rings. The minimum absolute atomic E-state index is 0.0148. The Balaban J connectivity index is 1.36. The molecule has 160 valence electrons. The highest BCUT2D eigenvalue weighted by Crippen LogP contribution is 2.43. The molecule has 31 heavy (non-hydrogen) atoms. The number of aryl methyl sites for hydroxylation is 1. The van der Waals surface area contributed by atoms with Crippen LogP contribution in [0.25, 0.3) is 0 Å². The fourth-order valence-corrected chi connectivity index (χ4v) is 5.36. The first-order valence-corrected chi connectivity index (χ1v) is 11.3. The second-order valence-corrected chi connectivity index (χ2v) is 8.92. The normalized spacial score (nSPS) is 18.6. The van der Waals surface area contributed by atoms with E-state index in [4.69, 9.17) is 4.74 Å². The van der Waals surface area contributed by atoms with Gasteiger partial charge in [-0.3, -0.25) is 14.8 Å². The van der Waals surface area contributed by atoms with Gasteiger partial charge in [0.15, 0.2) is 0 Å². The predicted molar refractivity (Wildman–Crippen MR) is 124 cm³/mol. The van der Waals surface area contributed by atoms with Crippen LogP contribution in [-0.4, -0.2) is 48.1 Å². The molecule has 2 heterocycles. The van der Waals surface area contributed by atoms with Crippen molar-refractivity contribution in [1.82, 2.24) is 14.8 Å². The maximum Gasteiger partial charge on any atom is 0.123 e. The van der Waals surface area contributed by atoms with Crippen LogP contribution >= 0.6 is 0 Å². The average Bonchev–Trinajstić information content (AvgIpc) is 3.21. The number of methoxy groups -OCH3 is 1. The molecule has 1 aliphatic heterocycles. The molecule has 4 heteroatoms.